The number of fused-ring (bicyclic) bond motifs is 1. The Bertz CT molecular complexity index is 842. The third-order valence-corrected chi connectivity index (χ3v) is 3.01. The number of nitro benzene ring substituents is 1. The zero-order valence-electron chi connectivity index (χ0n) is 13.5. The summed E-state index contributed by atoms with van der Waals surface area (Å²) in [6, 6.07) is 8.02. The quantitative estimate of drug-likeness (QED) is 0.537. The third-order valence-electron chi connectivity index (χ3n) is 3.01. The molecule has 1 aromatic carbocycles. The largest absolute Gasteiger partial charge is 0.457 e. The van der Waals surface area contributed by atoms with Gasteiger partial charge in [0.1, 0.15) is 17.3 Å². The number of nitro groups is 1. The molecule has 0 saturated carbocycles. The van der Waals surface area contributed by atoms with Gasteiger partial charge in [-0.2, -0.15) is 5.10 Å². The molecule has 0 aliphatic carbocycles. The Balaban J connectivity index is 0.000000924. The van der Waals surface area contributed by atoms with E-state index in [1.165, 1.54) is 12.1 Å². The molecule has 2 aromatic heterocycles. The lowest BCUT2D eigenvalue weighted by Crippen LogP contribution is -1.93. The van der Waals surface area contributed by atoms with Crippen molar-refractivity contribution >= 4 is 11.3 Å². The SMILES string of the molecule is CC.Cc1nc2cc(Oc3ccc([N+](=O)[O-])cc3C)ccn2n1. The predicted molar refractivity (Wildman–Crippen MR) is 87.0 cm³/mol. The summed E-state index contributed by atoms with van der Waals surface area (Å²) in [5.41, 5.74) is 1.43. The van der Waals surface area contributed by atoms with Gasteiger partial charge in [-0.25, -0.2) is 9.50 Å². The highest BCUT2D eigenvalue weighted by Gasteiger charge is 2.10. The lowest BCUT2D eigenvalue weighted by molar-refractivity contribution is -0.384. The predicted octanol–water partition coefficient (Wildman–Crippen LogP) is 4.07. The number of non-ortho nitro benzene ring substituents is 1. The monoisotopic (exact) mass is 314 g/mol. The van der Waals surface area contributed by atoms with Crippen LogP contribution < -0.4 is 4.74 Å². The molecular weight excluding hydrogens is 296 g/mol. The standard InChI is InChI=1S/C14H12N4O3.C2H6/c1-9-7-11(18(19)20)3-4-13(9)21-12-5-6-17-14(8-12)15-10(2)16-17;1-2/h3-8H,1-2H3;1-2H3. The smallest absolute Gasteiger partial charge is 0.269 e. The maximum Gasteiger partial charge on any atom is 0.269 e. The molecule has 0 spiro atoms. The van der Waals surface area contributed by atoms with Gasteiger partial charge in [0.2, 0.25) is 0 Å². The van der Waals surface area contributed by atoms with Gasteiger partial charge in [0.15, 0.2) is 5.65 Å². The summed E-state index contributed by atoms with van der Waals surface area (Å²) < 4.78 is 7.42. The number of ether oxygens (including phenoxy) is 1. The van der Waals surface area contributed by atoms with E-state index in [1.807, 2.05) is 20.8 Å². The molecule has 3 aromatic rings. The average molecular weight is 314 g/mol. The van der Waals surface area contributed by atoms with Crippen molar-refractivity contribution in [3.8, 4) is 11.5 Å². The first-order valence-electron chi connectivity index (χ1n) is 7.29. The molecule has 120 valence electrons. The van der Waals surface area contributed by atoms with E-state index in [4.69, 9.17) is 4.74 Å². The molecular formula is C16H18N4O3. The molecule has 0 aliphatic rings. The van der Waals surface area contributed by atoms with Crippen molar-refractivity contribution in [2.24, 2.45) is 0 Å². The number of rotatable bonds is 3. The zero-order valence-corrected chi connectivity index (χ0v) is 13.5. The van der Waals surface area contributed by atoms with Crippen LogP contribution in [-0.4, -0.2) is 19.5 Å². The van der Waals surface area contributed by atoms with Crippen molar-refractivity contribution in [3.63, 3.8) is 0 Å². The molecule has 0 saturated heterocycles. The summed E-state index contributed by atoms with van der Waals surface area (Å²) >= 11 is 0. The van der Waals surface area contributed by atoms with Crippen molar-refractivity contribution in [2.45, 2.75) is 27.7 Å². The summed E-state index contributed by atoms with van der Waals surface area (Å²) in [5.74, 6) is 1.85. The van der Waals surface area contributed by atoms with E-state index in [2.05, 4.69) is 10.1 Å². The molecule has 7 heteroatoms. The van der Waals surface area contributed by atoms with E-state index in [0.29, 0.717) is 28.5 Å². The second-order valence-corrected chi connectivity index (χ2v) is 4.63. The third kappa shape index (κ3) is 3.63. The van der Waals surface area contributed by atoms with Crippen LogP contribution in [-0.2, 0) is 0 Å². The first-order chi connectivity index (χ1) is 11.0. The highest BCUT2D eigenvalue weighted by atomic mass is 16.6. The fourth-order valence-corrected chi connectivity index (χ4v) is 2.03. The first-order valence-corrected chi connectivity index (χ1v) is 7.29. The van der Waals surface area contributed by atoms with Crippen LogP contribution in [0.5, 0.6) is 11.5 Å². The molecule has 0 N–H and O–H groups in total. The fraction of sp³-hybridized carbons (Fsp3) is 0.250. The van der Waals surface area contributed by atoms with Crippen molar-refractivity contribution in [2.75, 3.05) is 0 Å². The van der Waals surface area contributed by atoms with E-state index in [0.717, 1.165) is 0 Å². The Labute approximate surface area is 133 Å². The number of benzene rings is 1. The topological polar surface area (TPSA) is 82.6 Å². The second-order valence-electron chi connectivity index (χ2n) is 4.63. The van der Waals surface area contributed by atoms with Crippen LogP contribution >= 0.6 is 0 Å². The molecule has 0 aliphatic heterocycles. The van der Waals surface area contributed by atoms with E-state index in [9.17, 15) is 10.1 Å². The Hall–Kier alpha value is -2.96. The van der Waals surface area contributed by atoms with Crippen molar-refractivity contribution in [1.29, 1.82) is 0 Å². The number of aromatic nitrogens is 3. The molecule has 0 fully saturated rings. The van der Waals surface area contributed by atoms with Crippen molar-refractivity contribution in [3.05, 3.63) is 58.0 Å². The van der Waals surface area contributed by atoms with E-state index >= 15 is 0 Å². The lowest BCUT2D eigenvalue weighted by Gasteiger charge is -2.08. The number of hydrogen-bond donors (Lipinski definition) is 0. The lowest BCUT2D eigenvalue weighted by atomic mass is 10.2. The minimum Gasteiger partial charge on any atom is -0.457 e. The van der Waals surface area contributed by atoms with Crippen LogP contribution in [0.4, 0.5) is 5.69 Å². The zero-order chi connectivity index (χ0) is 17.0. The Kier molecular flexibility index (Phi) is 4.90. The van der Waals surface area contributed by atoms with Gasteiger partial charge in [0, 0.05) is 24.4 Å². The van der Waals surface area contributed by atoms with Gasteiger partial charge in [-0.05, 0) is 31.5 Å². The Morgan fingerprint density at radius 1 is 1.17 bits per heavy atom. The molecule has 0 amide bonds. The summed E-state index contributed by atoms with van der Waals surface area (Å²) in [7, 11) is 0. The van der Waals surface area contributed by atoms with Crippen LogP contribution in [0.3, 0.4) is 0 Å². The van der Waals surface area contributed by atoms with Crippen LogP contribution in [0.1, 0.15) is 25.2 Å². The van der Waals surface area contributed by atoms with Gasteiger partial charge >= 0.3 is 0 Å². The normalized spacial score (nSPS) is 10.1. The molecule has 0 unspecified atom stereocenters. The average Bonchev–Trinajstić information content (AvgIpc) is 2.90. The maximum absolute atomic E-state index is 10.7. The second kappa shape index (κ2) is 6.87. The highest BCUT2D eigenvalue weighted by molar-refractivity contribution is 5.48. The van der Waals surface area contributed by atoms with Crippen LogP contribution in [0, 0.1) is 24.0 Å². The number of nitrogens with zero attached hydrogens (tertiary/aromatic N) is 4. The van der Waals surface area contributed by atoms with Gasteiger partial charge < -0.3 is 4.74 Å². The summed E-state index contributed by atoms with van der Waals surface area (Å²) in [4.78, 5) is 14.5. The van der Waals surface area contributed by atoms with Crippen LogP contribution in [0.25, 0.3) is 5.65 Å². The minimum absolute atomic E-state index is 0.0448. The van der Waals surface area contributed by atoms with E-state index < -0.39 is 4.92 Å². The molecule has 0 radical (unpaired) electrons. The van der Waals surface area contributed by atoms with E-state index in [1.54, 1.807) is 35.8 Å². The van der Waals surface area contributed by atoms with Gasteiger partial charge in [0.05, 0.1) is 4.92 Å². The van der Waals surface area contributed by atoms with Gasteiger partial charge in [-0.15, -0.1) is 0 Å². The number of aryl methyl sites for hydroxylation is 2. The molecule has 23 heavy (non-hydrogen) atoms. The van der Waals surface area contributed by atoms with Crippen molar-refractivity contribution in [1.82, 2.24) is 14.6 Å². The fourth-order valence-electron chi connectivity index (χ4n) is 2.03. The maximum atomic E-state index is 10.7. The first kappa shape index (κ1) is 16.4. The van der Waals surface area contributed by atoms with E-state index in [-0.39, 0.29) is 5.69 Å². The Morgan fingerprint density at radius 2 is 1.91 bits per heavy atom. The minimum atomic E-state index is -0.429. The molecule has 2 heterocycles. The summed E-state index contributed by atoms with van der Waals surface area (Å²) in [6.07, 6.45) is 1.76. The molecule has 0 bridgehead atoms. The summed E-state index contributed by atoms with van der Waals surface area (Å²) in [6.45, 7) is 7.58. The molecule has 3 rings (SSSR count). The van der Waals surface area contributed by atoms with Gasteiger partial charge in [0.25, 0.3) is 5.69 Å². The van der Waals surface area contributed by atoms with Crippen LogP contribution in [0.2, 0.25) is 0 Å². The molecule has 7 nitrogen and oxygen atoms in total. The van der Waals surface area contributed by atoms with Crippen LogP contribution in [0.15, 0.2) is 36.5 Å². The number of hydrogen-bond acceptors (Lipinski definition) is 5. The van der Waals surface area contributed by atoms with Gasteiger partial charge in [-0.1, -0.05) is 13.8 Å². The highest BCUT2D eigenvalue weighted by Crippen LogP contribution is 2.28. The van der Waals surface area contributed by atoms with Crippen molar-refractivity contribution < 1.29 is 9.66 Å². The number of pyridine rings is 1. The molecule has 0 atom stereocenters. The summed E-state index contributed by atoms with van der Waals surface area (Å²) in [5, 5.41) is 14.9. The Morgan fingerprint density at radius 3 is 2.57 bits per heavy atom. The van der Waals surface area contributed by atoms with Gasteiger partial charge in [-0.3, -0.25) is 10.1 Å².